The van der Waals surface area contributed by atoms with Gasteiger partial charge in [0.25, 0.3) is 0 Å². The van der Waals surface area contributed by atoms with Gasteiger partial charge in [-0.15, -0.1) is 11.8 Å². The molecule has 0 spiro atoms. The fourth-order valence-corrected chi connectivity index (χ4v) is 3.79. The van der Waals surface area contributed by atoms with Gasteiger partial charge in [0, 0.05) is 22.0 Å². The third kappa shape index (κ3) is 3.12. The van der Waals surface area contributed by atoms with Crippen molar-refractivity contribution < 1.29 is 9.47 Å². The first-order valence-corrected chi connectivity index (χ1v) is 9.75. The summed E-state index contributed by atoms with van der Waals surface area (Å²) in [7, 11) is 1.65. The first-order chi connectivity index (χ1) is 12.2. The van der Waals surface area contributed by atoms with Gasteiger partial charge in [0.15, 0.2) is 5.82 Å². The molecule has 25 heavy (non-hydrogen) atoms. The zero-order chi connectivity index (χ0) is 17.4. The van der Waals surface area contributed by atoms with E-state index in [0.717, 1.165) is 44.1 Å². The minimum absolute atomic E-state index is 0.639. The lowest BCUT2D eigenvalue weighted by Crippen LogP contribution is -2.09. The van der Waals surface area contributed by atoms with E-state index in [2.05, 4.69) is 27.0 Å². The number of fused-ring (bicyclic) bond motifs is 2. The molecule has 6 heteroatoms. The maximum atomic E-state index is 6.07. The van der Waals surface area contributed by atoms with Crippen LogP contribution in [0.2, 0.25) is 0 Å². The molecule has 3 aromatic rings. The van der Waals surface area contributed by atoms with E-state index in [0.29, 0.717) is 11.7 Å². The SMILES string of the molecule is COc1ccc(-c2nc3c(c(SC)n2)Cc2cc(Br)ccc2O3)cc1. The maximum Gasteiger partial charge on any atom is 0.227 e. The van der Waals surface area contributed by atoms with Crippen molar-refractivity contribution in [3.05, 3.63) is 58.1 Å². The van der Waals surface area contributed by atoms with Crippen LogP contribution in [0, 0.1) is 0 Å². The summed E-state index contributed by atoms with van der Waals surface area (Å²) in [5.74, 6) is 2.95. The number of thioether (sulfide) groups is 1. The first kappa shape index (κ1) is 16.4. The number of hydrogen-bond donors (Lipinski definition) is 0. The molecule has 1 aromatic heterocycles. The normalized spacial score (nSPS) is 12.1. The molecular weight excluding hydrogens is 400 g/mol. The lowest BCUT2D eigenvalue weighted by molar-refractivity contribution is 0.415. The zero-order valence-electron chi connectivity index (χ0n) is 13.7. The Bertz CT molecular complexity index is 945. The molecule has 0 amide bonds. The molecule has 1 aliphatic heterocycles. The Balaban J connectivity index is 1.78. The predicted molar refractivity (Wildman–Crippen MR) is 103 cm³/mol. The van der Waals surface area contributed by atoms with Gasteiger partial charge < -0.3 is 9.47 Å². The summed E-state index contributed by atoms with van der Waals surface area (Å²) < 4.78 is 12.3. The quantitative estimate of drug-likeness (QED) is 0.334. The Morgan fingerprint density at radius 3 is 2.64 bits per heavy atom. The molecule has 0 bridgehead atoms. The molecule has 1 aliphatic rings. The highest BCUT2D eigenvalue weighted by atomic mass is 79.9. The molecular formula is C19H15BrN2O2S. The van der Waals surface area contributed by atoms with Crippen LogP contribution in [0.4, 0.5) is 0 Å². The van der Waals surface area contributed by atoms with E-state index in [1.165, 1.54) is 0 Å². The lowest BCUT2D eigenvalue weighted by atomic mass is 10.0. The van der Waals surface area contributed by atoms with Gasteiger partial charge in [-0.3, -0.25) is 0 Å². The minimum Gasteiger partial charge on any atom is -0.497 e. The zero-order valence-corrected chi connectivity index (χ0v) is 16.1. The lowest BCUT2D eigenvalue weighted by Gasteiger charge is -2.21. The Morgan fingerprint density at radius 1 is 1.12 bits per heavy atom. The van der Waals surface area contributed by atoms with Gasteiger partial charge in [-0.2, -0.15) is 4.98 Å². The summed E-state index contributed by atoms with van der Waals surface area (Å²) in [6.45, 7) is 0. The van der Waals surface area contributed by atoms with Gasteiger partial charge in [0.1, 0.15) is 16.5 Å². The van der Waals surface area contributed by atoms with Gasteiger partial charge in [-0.25, -0.2) is 4.98 Å². The van der Waals surface area contributed by atoms with Crippen molar-refractivity contribution in [1.29, 1.82) is 0 Å². The van der Waals surface area contributed by atoms with Crippen LogP contribution in [0.15, 0.2) is 52.0 Å². The summed E-state index contributed by atoms with van der Waals surface area (Å²) in [6, 6.07) is 13.8. The van der Waals surface area contributed by atoms with Crippen LogP contribution in [-0.2, 0) is 6.42 Å². The van der Waals surface area contributed by atoms with E-state index in [1.807, 2.05) is 42.7 Å². The molecule has 2 aromatic carbocycles. The average Bonchev–Trinajstić information content (AvgIpc) is 2.65. The molecule has 0 unspecified atom stereocenters. The van der Waals surface area contributed by atoms with E-state index in [-0.39, 0.29) is 0 Å². The van der Waals surface area contributed by atoms with Crippen LogP contribution in [0.1, 0.15) is 11.1 Å². The van der Waals surface area contributed by atoms with E-state index in [1.54, 1.807) is 18.9 Å². The molecule has 126 valence electrons. The average molecular weight is 415 g/mol. The minimum atomic E-state index is 0.639. The Labute approximate surface area is 158 Å². The second kappa shape index (κ2) is 6.69. The number of aromatic nitrogens is 2. The summed E-state index contributed by atoms with van der Waals surface area (Å²) in [5, 5.41) is 0.946. The standard InChI is InChI=1S/C19H15BrN2O2S/c1-23-14-6-3-11(4-7-14)17-21-18-15(19(22-17)25-2)10-12-9-13(20)5-8-16(12)24-18/h3-9H,10H2,1-2H3. The van der Waals surface area contributed by atoms with Crippen LogP contribution in [0.25, 0.3) is 11.4 Å². The van der Waals surface area contributed by atoms with Crippen LogP contribution < -0.4 is 9.47 Å². The number of ether oxygens (including phenoxy) is 2. The molecule has 0 N–H and O–H groups in total. The van der Waals surface area contributed by atoms with Crippen molar-refractivity contribution in [2.45, 2.75) is 11.4 Å². The number of nitrogens with zero attached hydrogens (tertiary/aromatic N) is 2. The van der Waals surface area contributed by atoms with E-state index >= 15 is 0 Å². The fourth-order valence-electron chi connectivity index (χ4n) is 2.80. The summed E-state index contributed by atoms with van der Waals surface area (Å²) in [5.41, 5.74) is 3.11. The highest BCUT2D eigenvalue weighted by Crippen LogP contribution is 2.40. The molecule has 0 aliphatic carbocycles. The van der Waals surface area contributed by atoms with Crippen LogP contribution >= 0.6 is 27.7 Å². The van der Waals surface area contributed by atoms with E-state index in [9.17, 15) is 0 Å². The Kier molecular flexibility index (Phi) is 4.39. The van der Waals surface area contributed by atoms with Gasteiger partial charge in [0.2, 0.25) is 5.88 Å². The molecule has 0 fully saturated rings. The maximum absolute atomic E-state index is 6.07. The van der Waals surface area contributed by atoms with E-state index < -0.39 is 0 Å². The van der Waals surface area contributed by atoms with Crippen LogP contribution in [-0.4, -0.2) is 23.3 Å². The number of methoxy groups -OCH3 is 1. The second-order valence-electron chi connectivity index (χ2n) is 5.60. The van der Waals surface area contributed by atoms with Crippen LogP contribution in [0.5, 0.6) is 17.4 Å². The number of halogens is 1. The highest BCUT2D eigenvalue weighted by molar-refractivity contribution is 9.10. The topological polar surface area (TPSA) is 44.2 Å². The van der Waals surface area contributed by atoms with Crippen molar-refractivity contribution >= 4 is 27.7 Å². The smallest absolute Gasteiger partial charge is 0.227 e. The molecule has 0 radical (unpaired) electrons. The van der Waals surface area contributed by atoms with Crippen molar-refractivity contribution in [2.75, 3.05) is 13.4 Å². The summed E-state index contributed by atoms with van der Waals surface area (Å²) in [6.07, 6.45) is 2.79. The Hall–Kier alpha value is -2.05. The molecule has 4 nitrogen and oxygen atoms in total. The van der Waals surface area contributed by atoms with Crippen molar-refractivity contribution in [2.24, 2.45) is 0 Å². The van der Waals surface area contributed by atoms with E-state index in [4.69, 9.17) is 14.5 Å². The molecule has 0 atom stereocenters. The number of rotatable bonds is 3. The summed E-state index contributed by atoms with van der Waals surface area (Å²) in [4.78, 5) is 9.41. The third-order valence-electron chi connectivity index (χ3n) is 4.07. The predicted octanol–water partition coefficient (Wildman–Crippen LogP) is 5.33. The largest absolute Gasteiger partial charge is 0.497 e. The molecule has 2 heterocycles. The molecule has 4 rings (SSSR count). The van der Waals surface area contributed by atoms with Gasteiger partial charge in [-0.05, 0) is 48.7 Å². The molecule has 0 saturated heterocycles. The Morgan fingerprint density at radius 2 is 1.92 bits per heavy atom. The number of benzene rings is 2. The highest BCUT2D eigenvalue weighted by Gasteiger charge is 2.23. The summed E-state index contributed by atoms with van der Waals surface area (Å²) >= 11 is 5.13. The van der Waals surface area contributed by atoms with Crippen molar-refractivity contribution in [3.8, 4) is 28.8 Å². The fraction of sp³-hybridized carbons (Fsp3) is 0.158. The monoisotopic (exact) mass is 414 g/mol. The van der Waals surface area contributed by atoms with Crippen LogP contribution in [0.3, 0.4) is 0 Å². The van der Waals surface area contributed by atoms with Crippen molar-refractivity contribution in [1.82, 2.24) is 9.97 Å². The van der Waals surface area contributed by atoms with Crippen molar-refractivity contribution in [3.63, 3.8) is 0 Å². The third-order valence-corrected chi connectivity index (χ3v) is 5.29. The molecule has 0 saturated carbocycles. The van der Waals surface area contributed by atoms with Gasteiger partial charge in [-0.1, -0.05) is 15.9 Å². The second-order valence-corrected chi connectivity index (χ2v) is 7.31. The van der Waals surface area contributed by atoms with Gasteiger partial charge in [0.05, 0.1) is 12.7 Å². The first-order valence-electron chi connectivity index (χ1n) is 7.73. The van der Waals surface area contributed by atoms with Gasteiger partial charge >= 0.3 is 0 Å². The number of hydrogen-bond acceptors (Lipinski definition) is 5.